The molecular weight excluding hydrogens is 549 g/mol. The predicted octanol–water partition coefficient (Wildman–Crippen LogP) is 5.24. The maximum absolute atomic E-state index is 12.3. The van der Waals surface area contributed by atoms with Crippen LogP contribution in [0.4, 0.5) is 5.69 Å². The molecular formula is C22H20BrCl2N5O2S. The first-order valence-electron chi connectivity index (χ1n) is 9.82. The molecule has 0 aliphatic carbocycles. The average Bonchev–Trinajstić information content (AvgIpc) is 3.17. The molecule has 2 amide bonds. The number of hydrogen-bond donors (Lipinski definition) is 2. The largest absolute Gasteiger partial charge is 0.352 e. The number of thioether (sulfide) groups is 1. The third-order valence-corrected chi connectivity index (χ3v) is 6.62. The average molecular weight is 569 g/mol. The molecule has 0 saturated carbocycles. The minimum Gasteiger partial charge on any atom is -0.352 e. The number of halogens is 3. The van der Waals surface area contributed by atoms with Crippen molar-refractivity contribution in [3.8, 4) is 0 Å². The fraction of sp³-hybridized carbons (Fsp3) is 0.182. The van der Waals surface area contributed by atoms with Crippen molar-refractivity contribution < 1.29 is 9.59 Å². The molecule has 11 heteroatoms. The number of amides is 2. The maximum atomic E-state index is 12.3. The Morgan fingerprint density at radius 1 is 1.12 bits per heavy atom. The van der Waals surface area contributed by atoms with Crippen LogP contribution in [0.2, 0.25) is 10.0 Å². The van der Waals surface area contributed by atoms with Gasteiger partial charge in [0.15, 0.2) is 5.16 Å². The van der Waals surface area contributed by atoms with Crippen LogP contribution in [0.5, 0.6) is 0 Å². The van der Waals surface area contributed by atoms with Gasteiger partial charge in [-0.05, 0) is 42.5 Å². The third-order valence-electron chi connectivity index (χ3n) is 4.38. The lowest BCUT2D eigenvalue weighted by Crippen LogP contribution is -2.26. The molecule has 0 aliphatic heterocycles. The molecule has 0 aliphatic rings. The molecule has 7 nitrogen and oxygen atoms in total. The Bertz CT molecular complexity index is 1150. The highest BCUT2D eigenvalue weighted by molar-refractivity contribution is 9.10. The Kier molecular flexibility index (Phi) is 9.37. The summed E-state index contributed by atoms with van der Waals surface area (Å²) in [6, 6.07) is 12.1. The van der Waals surface area contributed by atoms with E-state index in [1.54, 1.807) is 18.2 Å². The lowest BCUT2D eigenvalue weighted by Gasteiger charge is -2.09. The standard InChI is InChI=1S/C22H20BrCl2N5O2S/c1-2-11-30-19(9-10-26-21(32)14-3-8-17(24)18(25)12-14)28-29-22(30)33-13-20(31)27-16-6-4-15(23)5-7-16/h2-8,12H,1,9-11,13H2,(H,26,32)(H,27,31). The number of anilines is 1. The molecule has 3 rings (SSSR count). The van der Waals surface area contributed by atoms with Gasteiger partial charge in [0.25, 0.3) is 5.91 Å². The number of hydrogen-bond acceptors (Lipinski definition) is 5. The van der Waals surface area contributed by atoms with Crippen molar-refractivity contribution in [1.82, 2.24) is 20.1 Å². The van der Waals surface area contributed by atoms with Crippen LogP contribution in [0.3, 0.4) is 0 Å². The Hall–Kier alpha value is -2.33. The number of carbonyl (C=O) groups is 2. The lowest BCUT2D eigenvalue weighted by molar-refractivity contribution is -0.113. The second-order valence-electron chi connectivity index (χ2n) is 6.78. The van der Waals surface area contributed by atoms with E-state index in [4.69, 9.17) is 23.2 Å². The molecule has 1 aromatic heterocycles. The molecule has 0 atom stereocenters. The Labute approximate surface area is 214 Å². The minimum absolute atomic E-state index is 0.147. The first-order chi connectivity index (χ1) is 15.9. The van der Waals surface area contributed by atoms with E-state index in [0.717, 1.165) is 10.2 Å². The fourth-order valence-corrected chi connectivity index (χ4v) is 4.14. The molecule has 172 valence electrons. The minimum atomic E-state index is -0.262. The summed E-state index contributed by atoms with van der Waals surface area (Å²) in [5.41, 5.74) is 1.14. The first-order valence-corrected chi connectivity index (χ1v) is 12.3. The zero-order chi connectivity index (χ0) is 23.8. The molecule has 0 bridgehead atoms. The number of nitrogens with zero attached hydrogens (tertiary/aromatic N) is 3. The van der Waals surface area contributed by atoms with Crippen molar-refractivity contribution in [2.24, 2.45) is 0 Å². The van der Waals surface area contributed by atoms with Gasteiger partial charge in [0.05, 0.1) is 15.8 Å². The number of rotatable bonds is 10. The number of nitrogens with one attached hydrogen (secondary N) is 2. The van der Waals surface area contributed by atoms with Crippen LogP contribution in [-0.4, -0.2) is 38.9 Å². The molecule has 0 spiro atoms. The monoisotopic (exact) mass is 567 g/mol. The van der Waals surface area contributed by atoms with Gasteiger partial charge >= 0.3 is 0 Å². The van der Waals surface area contributed by atoms with Gasteiger partial charge in [0.2, 0.25) is 5.91 Å². The third kappa shape index (κ3) is 7.33. The summed E-state index contributed by atoms with van der Waals surface area (Å²) in [6.07, 6.45) is 2.19. The Morgan fingerprint density at radius 2 is 1.88 bits per heavy atom. The van der Waals surface area contributed by atoms with Crippen molar-refractivity contribution in [3.63, 3.8) is 0 Å². The molecule has 0 fully saturated rings. The van der Waals surface area contributed by atoms with Gasteiger partial charge in [-0.1, -0.05) is 57.0 Å². The van der Waals surface area contributed by atoms with Crippen molar-refractivity contribution in [2.75, 3.05) is 17.6 Å². The van der Waals surface area contributed by atoms with Gasteiger partial charge in [-0.3, -0.25) is 9.59 Å². The van der Waals surface area contributed by atoms with Crippen LogP contribution in [0.25, 0.3) is 0 Å². The van der Waals surface area contributed by atoms with Crippen molar-refractivity contribution in [3.05, 3.63) is 81.0 Å². The number of allylic oxidation sites excluding steroid dienone is 1. The molecule has 0 saturated heterocycles. The maximum Gasteiger partial charge on any atom is 0.251 e. The van der Waals surface area contributed by atoms with E-state index in [9.17, 15) is 9.59 Å². The predicted molar refractivity (Wildman–Crippen MR) is 136 cm³/mol. The van der Waals surface area contributed by atoms with Gasteiger partial charge < -0.3 is 15.2 Å². The van der Waals surface area contributed by atoms with Gasteiger partial charge in [0.1, 0.15) is 5.82 Å². The number of aromatic nitrogens is 3. The highest BCUT2D eigenvalue weighted by Gasteiger charge is 2.14. The Morgan fingerprint density at radius 3 is 2.58 bits per heavy atom. The van der Waals surface area contributed by atoms with Crippen LogP contribution in [0.15, 0.2) is 64.7 Å². The second-order valence-corrected chi connectivity index (χ2v) is 9.45. The zero-order valence-corrected chi connectivity index (χ0v) is 21.3. The number of benzene rings is 2. The molecule has 0 radical (unpaired) electrons. The van der Waals surface area contributed by atoms with Crippen LogP contribution >= 0.6 is 50.9 Å². The van der Waals surface area contributed by atoms with Crippen LogP contribution in [0.1, 0.15) is 16.2 Å². The molecule has 2 N–H and O–H groups in total. The summed E-state index contributed by atoms with van der Waals surface area (Å²) in [5.74, 6) is 0.452. The zero-order valence-electron chi connectivity index (χ0n) is 17.4. The first kappa shape index (κ1) is 25.3. The highest BCUT2D eigenvalue weighted by atomic mass is 79.9. The molecule has 33 heavy (non-hydrogen) atoms. The molecule has 1 heterocycles. The quantitative estimate of drug-likeness (QED) is 0.258. The SMILES string of the molecule is C=CCn1c(CCNC(=O)c2ccc(Cl)c(Cl)c2)nnc1SCC(=O)Nc1ccc(Br)cc1. The van der Waals surface area contributed by atoms with Crippen molar-refractivity contribution in [1.29, 1.82) is 0 Å². The van der Waals surface area contributed by atoms with Crippen LogP contribution in [-0.2, 0) is 17.8 Å². The van der Waals surface area contributed by atoms with E-state index in [1.807, 2.05) is 28.8 Å². The summed E-state index contributed by atoms with van der Waals surface area (Å²) in [6.45, 7) is 4.61. The summed E-state index contributed by atoms with van der Waals surface area (Å²) in [4.78, 5) is 24.6. The topological polar surface area (TPSA) is 88.9 Å². The molecule has 3 aromatic rings. The van der Waals surface area contributed by atoms with E-state index in [-0.39, 0.29) is 17.6 Å². The van der Waals surface area contributed by atoms with E-state index < -0.39 is 0 Å². The summed E-state index contributed by atoms with van der Waals surface area (Å²) < 4.78 is 2.81. The fourth-order valence-electron chi connectivity index (χ4n) is 2.81. The van der Waals surface area contributed by atoms with E-state index in [1.165, 1.54) is 17.8 Å². The lowest BCUT2D eigenvalue weighted by atomic mass is 10.2. The highest BCUT2D eigenvalue weighted by Crippen LogP contribution is 2.23. The van der Waals surface area contributed by atoms with E-state index in [0.29, 0.717) is 46.1 Å². The molecule has 2 aromatic carbocycles. The van der Waals surface area contributed by atoms with Crippen molar-refractivity contribution >= 4 is 68.4 Å². The summed E-state index contributed by atoms with van der Waals surface area (Å²) in [7, 11) is 0. The summed E-state index contributed by atoms with van der Waals surface area (Å²) >= 11 is 16.5. The van der Waals surface area contributed by atoms with Crippen LogP contribution < -0.4 is 10.6 Å². The van der Waals surface area contributed by atoms with Gasteiger partial charge in [-0.25, -0.2) is 0 Å². The van der Waals surface area contributed by atoms with Crippen molar-refractivity contribution in [2.45, 2.75) is 18.1 Å². The van der Waals surface area contributed by atoms with Gasteiger partial charge in [0, 0.05) is 35.2 Å². The van der Waals surface area contributed by atoms with Gasteiger partial charge in [-0.15, -0.1) is 16.8 Å². The van der Waals surface area contributed by atoms with E-state index >= 15 is 0 Å². The smallest absolute Gasteiger partial charge is 0.251 e. The summed E-state index contributed by atoms with van der Waals surface area (Å²) in [5, 5.41) is 15.4. The normalized spacial score (nSPS) is 10.6. The molecule has 0 unspecified atom stereocenters. The second kappa shape index (κ2) is 12.2. The van der Waals surface area contributed by atoms with Gasteiger partial charge in [-0.2, -0.15) is 0 Å². The Balaban J connectivity index is 1.55. The number of carbonyl (C=O) groups excluding carboxylic acids is 2. The van der Waals surface area contributed by atoms with Crippen LogP contribution in [0, 0.1) is 0 Å². The van der Waals surface area contributed by atoms with E-state index in [2.05, 4.69) is 43.3 Å².